The molecule has 0 radical (unpaired) electrons. The van der Waals surface area contributed by atoms with E-state index >= 15 is 0 Å². The van der Waals surface area contributed by atoms with Gasteiger partial charge in [-0.05, 0) is 75.0 Å². The minimum atomic E-state index is 0.307. The Hall–Kier alpha value is -3.72. The third-order valence-corrected chi connectivity index (χ3v) is 6.54. The fraction of sp³-hybridized carbons (Fsp3) is 0.357. The van der Waals surface area contributed by atoms with Crippen molar-refractivity contribution in [2.75, 3.05) is 37.9 Å². The molecule has 1 aliphatic rings. The quantitative estimate of drug-likeness (QED) is 0.261. The zero-order valence-corrected chi connectivity index (χ0v) is 22.6. The number of anilines is 2. The third-order valence-electron chi connectivity index (χ3n) is 6.34. The molecule has 4 rings (SSSR count). The number of likely N-dealkylation sites (tertiary alicyclic amines) is 1. The summed E-state index contributed by atoms with van der Waals surface area (Å²) in [5.41, 5.74) is 3.87. The molecule has 3 aromatic rings. The standard InChI is InChI=1S/C28H34N6O2S/c1-19-16-20(2)30-26(29-19)32-27(33-28(37)31-24-11-10-23(35-3)18-25(24)36-4)34-14-12-22(13-15-34)17-21-8-6-5-7-9-21/h5-11,16,18,22H,12-15,17H2,1-4H3,(H2,29,30,31,32,33,37). The van der Waals surface area contributed by atoms with Gasteiger partial charge >= 0.3 is 0 Å². The van der Waals surface area contributed by atoms with E-state index in [-0.39, 0.29) is 0 Å². The Kier molecular flexibility index (Phi) is 8.90. The highest BCUT2D eigenvalue weighted by Gasteiger charge is 2.23. The molecule has 1 saturated heterocycles. The van der Waals surface area contributed by atoms with Gasteiger partial charge in [0.05, 0.1) is 19.9 Å². The Balaban J connectivity index is 1.51. The first-order valence-electron chi connectivity index (χ1n) is 12.4. The zero-order valence-electron chi connectivity index (χ0n) is 21.8. The second-order valence-electron chi connectivity index (χ2n) is 9.15. The highest BCUT2D eigenvalue weighted by atomic mass is 32.1. The predicted molar refractivity (Wildman–Crippen MR) is 153 cm³/mol. The number of piperidine rings is 1. The number of aryl methyl sites for hydroxylation is 2. The highest BCUT2D eigenvalue weighted by Crippen LogP contribution is 2.29. The number of aromatic nitrogens is 2. The van der Waals surface area contributed by atoms with Crippen LogP contribution in [0.15, 0.2) is 59.6 Å². The van der Waals surface area contributed by atoms with Crippen LogP contribution in [0.2, 0.25) is 0 Å². The first-order valence-corrected chi connectivity index (χ1v) is 12.8. The van der Waals surface area contributed by atoms with Crippen LogP contribution < -0.4 is 20.1 Å². The second-order valence-corrected chi connectivity index (χ2v) is 9.54. The number of methoxy groups -OCH3 is 2. The molecule has 0 spiro atoms. The fourth-order valence-electron chi connectivity index (χ4n) is 4.50. The van der Waals surface area contributed by atoms with E-state index in [1.165, 1.54) is 5.56 Å². The average molecular weight is 519 g/mol. The first kappa shape index (κ1) is 26.3. The van der Waals surface area contributed by atoms with Gasteiger partial charge in [0.15, 0.2) is 0 Å². The molecule has 0 atom stereocenters. The molecule has 0 unspecified atom stereocenters. The Morgan fingerprint density at radius 1 is 0.973 bits per heavy atom. The lowest BCUT2D eigenvalue weighted by atomic mass is 9.90. The number of aliphatic imine (C=N–C) groups is 1. The molecule has 0 amide bonds. The molecule has 1 fully saturated rings. The SMILES string of the molecule is COc1ccc(NC(=S)/N=C(/Nc2nc(C)cc(C)n2)N2CCC(Cc3ccccc3)CC2)c(OC)c1. The number of hydrogen-bond donors (Lipinski definition) is 2. The molecule has 2 N–H and O–H groups in total. The van der Waals surface area contributed by atoms with E-state index in [1.807, 2.05) is 32.0 Å². The topological polar surface area (TPSA) is 83.9 Å². The van der Waals surface area contributed by atoms with E-state index in [4.69, 9.17) is 26.7 Å². The normalized spacial score (nSPS) is 14.3. The number of benzene rings is 2. The van der Waals surface area contributed by atoms with Crippen molar-refractivity contribution >= 4 is 34.9 Å². The predicted octanol–water partition coefficient (Wildman–Crippen LogP) is 5.23. The molecule has 1 aromatic heterocycles. The van der Waals surface area contributed by atoms with Gasteiger partial charge in [0.25, 0.3) is 0 Å². The smallest absolute Gasteiger partial charge is 0.229 e. The maximum Gasteiger partial charge on any atom is 0.229 e. The van der Waals surface area contributed by atoms with Crippen LogP contribution in [0.3, 0.4) is 0 Å². The van der Waals surface area contributed by atoms with E-state index in [2.05, 4.69) is 55.8 Å². The Bertz CT molecular complexity index is 1220. The first-order chi connectivity index (χ1) is 17.9. The lowest BCUT2D eigenvalue weighted by molar-refractivity contribution is 0.265. The van der Waals surface area contributed by atoms with Crippen molar-refractivity contribution in [3.8, 4) is 11.5 Å². The summed E-state index contributed by atoms with van der Waals surface area (Å²) in [4.78, 5) is 16.1. The molecule has 37 heavy (non-hydrogen) atoms. The van der Waals surface area contributed by atoms with Gasteiger partial charge in [-0.3, -0.25) is 5.32 Å². The van der Waals surface area contributed by atoms with Gasteiger partial charge in [-0.1, -0.05) is 30.3 Å². The van der Waals surface area contributed by atoms with Crippen molar-refractivity contribution in [1.82, 2.24) is 14.9 Å². The highest BCUT2D eigenvalue weighted by molar-refractivity contribution is 7.80. The summed E-state index contributed by atoms with van der Waals surface area (Å²) in [6.07, 6.45) is 3.22. The van der Waals surface area contributed by atoms with Crippen LogP contribution in [0.25, 0.3) is 0 Å². The van der Waals surface area contributed by atoms with Crippen LogP contribution in [0, 0.1) is 19.8 Å². The minimum absolute atomic E-state index is 0.307. The Morgan fingerprint density at radius 3 is 2.32 bits per heavy atom. The molecule has 8 nitrogen and oxygen atoms in total. The lowest BCUT2D eigenvalue weighted by Gasteiger charge is -2.34. The van der Waals surface area contributed by atoms with Gasteiger partial charge in [0.1, 0.15) is 11.5 Å². The Labute approximate surface area is 224 Å². The molecule has 2 aromatic carbocycles. The molecular weight excluding hydrogens is 484 g/mol. The van der Waals surface area contributed by atoms with Crippen molar-refractivity contribution in [3.63, 3.8) is 0 Å². The van der Waals surface area contributed by atoms with Crippen LogP contribution in [0.4, 0.5) is 11.6 Å². The maximum atomic E-state index is 5.64. The van der Waals surface area contributed by atoms with E-state index in [0.717, 1.165) is 43.7 Å². The van der Waals surface area contributed by atoms with Crippen molar-refractivity contribution < 1.29 is 9.47 Å². The van der Waals surface area contributed by atoms with E-state index in [0.29, 0.717) is 40.1 Å². The van der Waals surface area contributed by atoms with Crippen LogP contribution in [0.5, 0.6) is 11.5 Å². The number of thiocarbonyl (C=S) groups is 1. The molecule has 1 aliphatic heterocycles. The van der Waals surface area contributed by atoms with Gasteiger partial charge in [0.2, 0.25) is 17.0 Å². The van der Waals surface area contributed by atoms with Gasteiger partial charge in [-0.2, -0.15) is 4.99 Å². The number of nitrogens with zero attached hydrogens (tertiary/aromatic N) is 4. The van der Waals surface area contributed by atoms with Crippen LogP contribution >= 0.6 is 12.2 Å². The summed E-state index contributed by atoms with van der Waals surface area (Å²) in [7, 11) is 3.23. The second kappa shape index (κ2) is 12.5. The number of hydrogen-bond acceptors (Lipinski definition) is 5. The zero-order chi connectivity index (χ0) is 26.2. The Morgan fingerprint density at radius 2 is 1.68 bits per heavy atom. The fourth-order valence-corrected chi connectivity index (χ4v) is 4.69. The van der Waals surface area contributed by atoms with Gasteiger partial charge in [-0.25, -0.2) is 9.97 Å². The largest absolute Gasteiger partial charge is 0.497 e. The molecule has 9 heteroatoms. The average Bonchev–Trinajstić information content (AvgIpc) is 2.89. The summed E-state index contributed by atoms with van der Waals surface area (Å²) in [6, 6.07) is 18.1. The lowest BCUT2D eigenvalue weighted by Crippen LogP contribution is -2.43. The van der Waals surface area contributed by atoms with Crippen molar-refractivity contribution in [1.29, 1.82) is 0 Å². The van der Waals surface area contributed by atoms with Crippen LogP contribution in [-0.4, -0.2) is 53.2 Å². The number of nitrogens with one attached hydrogen (secondary N) is 2. The maximum absolute atomic E-state index is 5.64. The molecule has 0 bridgehead atoms. The summed E-state index contributed by atoms with van der Waals surface area (Å²) in [6.45, 7) is 5.63. The van der Waals surface area contributed by atoms with Crippen molar-refractivity contribution in [2.24, 2.45) is 10.9 Å². The molecule has 0 aliphatic carbocycles. The summed E-state index contributed by atoms with van der Waals surface area (Å²) < 4.78 is 10.8. The van der Waals surface area contributed by atoms with E-state index < -0.39 is 0 Å². The number of guanidine groups is 1. The molecule has 2 heterocycles. The van der Waals surface area contributed by atoms with E-state index in [1.54, 1.807) is 20.3 Å². The van der Waals surface area contributed by atoms with Gasteiger partial charge in [0, 0.05) is 30.5 Å². The van der Waals surface area contributed by atoms with Gasteiger partial charge < -0.3 is 19.7 Å². The molecular formula is C28H34N6O2S. The number of ether oxygens (including phenoxy) is 2. The van der Waals surface area contributed by atoms with Crippen molar-refractivity contribution in [3.05, 3.63) is 71.5 Å². The summed E-state index contributed by atoms with van der Waals surface area (Å²) >= 11 is 5.64. The number of rotatable bonds is 6. The summed E-state index contributed by atoms with van der Waals surface area (Å²) in [5, 5.41) is 6.83. The summed E-state index contributed by atoms with van der Waals surface area (Å²) in [5.74, 6) is 3.09. The molecule has 0 saturated carbocycles. The van der Waals surface area contributed by atoms with E-state index in [9.17, 15) is 0 Å². The van der Waals surface area contributed by atoms with Crippen molar-refractivity contribution in [2.45, 2.75) is 33.1 Å². The van der Waals surface area contributed by atoms with Crippen LogP contribution in [0.1, 0.15) is 29.8 Å². The van der Waals surface area contributed by atoms with Crippen LogP contribution in [-0.2, 0) is 6.42 Å². The molecule has 194 valence electrons. The van der Waals surface area contributed by atoms with Gasteiger partial charge in [-0.15, -0.1) is 0 Å². The monoisotopic (exact) mass is 518 g/mol. The third kappa shape index (κ3) is 7.39. The minimum Gasteiger partial charge on any atom is -0.497 e.